The maximum Gasteiger partial charge on any atom is 0.275 e. The van der Waals surface area contributed by atoms with Gasteiger partial charge in [0.15, 0.2) is 0 Å². The predicted octanol–water partition coefficient (Wildman–Crippen LogP) is 2.01. The van der Waals surface area contributed by atoms with Crippen LogP contribution in [0.2, 0.25) is 0 Å². The van der Waals surface area contributed by atoms with Gasteiger partial charge in [0.2, 0.25) is 5.91 Å². The number of rotatable bonds is 4. The van der Waals surface area contributed by atoms with E-state index in [1.165, 1.54) is 0 Å². The Hall–Kier alpha value is -3.48. The maximum absolute atomic E-state index is 12.6. The molecule has 0 bridgehead atoms. The summed E-state index contributed by atoms with van der Waals surface area (Å²) in [5.41, 5.74) is 2.01. The quantitative estimate of drug-likeness (QED) is 0.741. The number of carbonyl (C=O) groups is 2. The fourth-order valence-corrected chi connectivity index (χ4v) is 2.99. The van der Waals surface area contributed by atoms with E-state index in [9.17, 15) is 14.4 Å². The lowest BCUT2D eigenvalue weighted by molar-refractivity contribution is -0.117. The summed E-state index contributed by atoms with van der Waals surface area (Å²) in [4.78, 5) is 36.9. The van der Waals surface area contributed by atoms with Crippen LogP contribution in [0.25, 0.3) is 10.8 Å². The zero-order valence-corrected chi connectivity index (χ0v) is 15.4. The van der Waals surface area contributed by atoms with Gasteiger partial charge < -0.3 is 10.6 Å². The molecule has 2 amide bonds. The van der Waals surface area contributed by atoms with E-state index in [-0.39, 0.29) is 18.0 Å². The number of carbonyl (C=O) groups excluding carboxylic acids is 2. The standard InChI is InChI=1S/C20H20N4O3/c1-12-14(19(26)21-3)9-6-10-17(12)22-18(25)11-24-20(27)16-8-5-4-7-15(16)13(2)23-24/h4-10H,11H2,1-3H3,(H,21,26)(H,22,25). The molecule has 7 nitrogen and oxygen atoms in total. The average Bonchev–Trinajstić information content (AvgIpc) is 2.67. The number of aryl methyl sites for hydroxylation is 1. The Bertz CT molecular complexity index is 1100. The molecule has 0 saturated carbocycles. The zero-order valence-electron chi connectivity index (χ0n) is 15.4. The van der Waals surface area contributed by atoms with Crippen molar-refractivity contribution in [1.29, 1.82) is 0 Å². The SMILES string of the molecule is CNC(=O)c1cccc(NC(=O)Cn2nc(C)c3ccccc3c2=O)c1C. The van der Waals surface area contributed by atoms with Crippen molar-refractivity contribution in [2.24, 2.45) is 0 Å². The minimum Gasteiger partial charge on any atom is -0.355 e. The number of amides is 2. The van der Waals surface area contributed by atoms with Crippen molar-refractivity contribution in [3.8, 4) is 0 Å². The lowest BCUT2D eigenvalue weighted by Gasteiger charge is -2.13. The molecule has 3 aromatic rings. The molecular formula is C20H20N4O3. The first-order valence-electron chi connectivity index (χ1n) is 8.50. The molecule has 0 aliphatic heterocycles. The number of hydrogen-bond acceptors (Lipinski definition) is 4. The molecule has 3 rings (SSSR count). The normalized spacial score (nSPS) is 10.6. The van der Waals surface area contributed by atoms with Gasteiger partial charge in [0.1, 0.15) is 6.54 Å². The molecule has 0 aliphatic rings. The molecule has 2 aromatic carbocycles. The summed E-state index contributed by atoms with van der Waals surface area (Å²) in [6.45, 7) is 3.34. The van der Waals surface area contributed by atoms with Crippen molar-refractivity contribution in [2.75, 3.05) is 12.4 Å². The first-order valence-corrected chi connectivity index (χ1v) is 8.50. The van der Waals surface area contributed by atoms with E-state index in [1.807, 2.05) is 12.1 Å². The summed E-state index contributed by atoms with van der Waals surface area (Å²) in [6, 6.07) is 12.3. The van der Waals surface area contributed by atoms with E-state index in [0.29, 0.717) is 27.9 Å². The van der Waals surface area contributed by atoms with Gasteiger partial charge in [0.25, 0.3) is 11.5 Å². The molecule has 27 heavy (non-hydrogen) atoms. The van der Waals surface area contributed by atoms with E-state index in [2.05, 4.69) is 15.7 Å². The third-order valence-electron chi connectivity index (χ3n) is 4.43. The molecule has 0 fully saturated rings. The highest BCUT2D eigenvalue weighted by Crippen LogP contribution is 2.19. The van der Waals surface area contributed by atoms with Gasteiger partial charge in [-0.1, -0.05) is 24.3 Å². The molecule has 0 saturated heterocycles. The molecule has 0 atom stereocenters. The van der Waals surface area contributed by atoms with Gasteiger partial charge in [-0.05, 0) is 37.6 Å². The fraction of sp³-hybridized carbons (Fsp3) is 0.200. The molecule has 1 aromatic heterocycles. The molecule has 2 N–H and O–H groups in total. The van der Waals surface area contributed by atoms with Crippen LogP contribution >= 0.6 is 0 Å². The second-order valence-electron chi connectivity index (χ2n) is 6.20. The number of anilines is 1. The van der Waals surface area contributed by atoms with Gasteiger partial charge in [-0.3, -0.25) is 14.4 Å². The second-order valence-corrected chi connectivity index (χ2v) is 6.20. The largest absolute Gasteiger partial charge is 0.355 e. The first kappa shape index (κ1) is 18.3. The van der Waals surface area contributed by atoms with E-state index in [1.54, 1.807) is 51.2 Å². The van der Waals surface area contributed by atoms with Crippen LogP contribution in [0.1, 0.15) is 21.6 Å². The third kappa shape index (κ3) is 3.57. The highest BCUT2D eigenvalue weighted by Gasteiger charge is 2.14. The fourth-order valence-electron chi connectivity index (χ4n) is 2.99. The van der Waals surface area contributed by atoms with Crippen molar-refractivity contribution in [2.45, 2.75) is 20.4 Å². The topological polar surface area (TPSA) is 93.1 Å². The number of nitrogens with zero attached hydrogens (tertiary/aromatic N) is 2. The van der Waals surface area contributed by atoms with Crippen molar-refractivity contribution >= 4 is 28.3 Å². The Balaban J connectivity index is 1.87. The Morgan fingerprint density at radius 3 is 2.44 bits per heavy atom. The summed E-state index contributed by atoms with van der Waals surface area (Å²) >= 11 is 0. The van der Waals surface area contributed by atoms with Crippen LogP contribution in [-0.4, -0.2) is 28.6 Å². The highest BCUT2D eigenvalue weighted by atomic mass is 16.2. The van der Waals surface area contributed by atoms with Crippen LogP contribution in [0.4, 0.5) is 5.69 Å². The Morgan fingerprint density at radius 2 is 1.74 bits per heavy atom. The molecule has 0 spiro atoms. The smallest absolute Gasteiger partial charge is 0.275 e. The van der Waals surface area contributed by atoms with Gasteiger partial charge in [-0.15, -0.1) is 0 Å². The van der Waals surface area contributed by atoms with Crippen LogP contribution in [-0.2, 0) is 11.3 Å². The van der Waals surface area contributed by atoms with Gasteiger partial charge in [-0.2, -0.15) is 5.10 Å². The Labute approximate surface area is 156 Å². The lowest BCUT2D eigenvalue weighted by atomic mass is 10.1. The van der Waals surface area contributed by atoms with Gasteiger partial charge in [-0.25, -0.2) is 4.68 Å². The number of aromatic nitrogens is 2. The van der Waals surface area contributed by atoms with Crippen molar-refractivity contribution < 1.29 is 9.59 Å². The highest BCUT2D eigenvalue weighted by molar-refractivity contribution is 5.99. The Kier molecular flexibility index (Phi) is 5.03. The van der Waals surface area contributed by atoms with Crippen molar-refractivity contribution in [3.63, 3.8) is 0 Å². The van der Waals surface area contributed by atoms with Gasteiger partial charge >= 0.3 is 0 Å². The maximum atomic E-state index is 12.6. The summed E-state index contributed by atoms with van der Waals surface area (Å²) in [6.07, 6.45) is 0. The van der Waals surface area contributed by atoms with E-state index >= 15 is 0 Å². The van der Waals surface area contributed by atoms with Crippen molar-refractivity contribution in [3.05, 3.63) is 69.6 Å². The monoisotopic (exact) mass is 364 g/mol. The lowest BCUT2D eigenvalue weighted by Crippen LogP contribution is -2.30. The van der Waals surface area contributed by atoms with Crippen LogP contribution in [0.15, 0.2) is 47.3 Å². The molecule has 138 valence electrons. The Morgan fingerprint density at radius 1 is 1.04 bits per heavy atom. The average molecular weight is 364 g/mol. The molecule has 7 heteroatoms. The van der Waals surface area contributed by atoms with Gasteiger partial charge in [0, 0.05) is 23.7 Å². The van der Waals surface area contributed by atoms with Gasteiger partial charge in [0.05, 0.1) is 11.1 Å². The van der Waals surface area contributed by atoms with Crippen LogP contribution < -0.4 is 16.2 Å². The van der Waals surface area contributed by atoms with Crippen LogP contribution in [0.5, 0.6) is 0 Å². The summed E-state index contributed by atoms with van der Waals surface area (Å²) in [5, 5.41) is 10.9. The summed E-state index contributed by atoms with van der Waals surface area (Å²) in [7, 11) is 1.55. The summed E-state index contributed by atoms with van der Waals surface area (Å²) in [5.74, 6) is -0.622. The van der Waals surface area contributed by atoms with Crippen molar-refractivity contribution in [1.82, 2.24) is 15.1 Å². The zero-order chi connectivity index (χ0) is 19.6. The molecule has 0 unspecified atom stereocenters. The number of fused-ring (bicyclic) bond motifs is 1. The van der Waals surface area contributed by atoms with E-state index in [4.69, 9.17) is 0 Å². The molecule has 0 radical (unpaired) electrons. The third-order valence-corrected chi connectivity index (χ3v) is 4.43. The van der Waals surface area contributed by atoms with Crippen LogP contribution in [0.3, 0.4) is 0 Å². The van der Waals surface area contributed by atoms with Crippen LogP contribution in [0, 0.1) is 13.8 Å². The minimum absolute atomic E-state index is 0.214. The summed E-state index contributed by atoms with van der Waals surface area (Å²) < 4.78 is 1.16. The number of nitrogens with one attached hydrogen (secondary N) is 2. The molecule has 0 aliphatic carbocycles. The van der Waals surface area contributed by atoms with E-state index < -0.39 is 5.91 Å². The first-order chi connectivity index (χ1) is 12.9. The molecular weight excluding hydrogens is 344 g/mol. The van der Waals surface area contributed by atoms with E-state index in [0.717, 1.165) is 10.1 Å². The predicted molar refractivity (Wildman–Crippen MR) is 104 cm³/mol. The molecule has 1 heterocycles. The number of benzene rings is 2. The minimum atomic E-state index is -0.392. The second kappa shape index (κ2) is 7.41. The number of hydrogen-bond donors (Lipinski definition) is 2.